The molecule has 0 amide bonds. The van der Waals surface area contributed by atoms with E-state index in [1.54, 1.807) is 49.1 Å². The molecule has 160 valence electrons. The van der Waals surface area contributed by atoms with Gasteiger partial charge in [-0.15, -0.1) is 10.2 Å². The zero-order valence-electron chi connectivity index (χ0n) is 17.5. The van der Waals surface area contributed by atoms with Gasteiger partial charge >= 0.3 is 5.97 Å². The van der Waals surface area contributed by atoms with Crippen LogP contribution in [0.4, 0.5) is 0 Å². The van der Waals surface area contributed by atoms with E-state index < -0.39 is 5.97 Å². The van der Waals surface area contributed by atoms with Crippen molar-refractivity contribution in [3.63, 3.8) is 0 Å². The quantitative estimate of drug-likeness (QED) is 0.420. The van der Waals surface area contributed by atoms with E-state index in [1.165, 1.54) is 11.8 Å². The van der Waals surface area contributed by atoms with Crippen molar-refractivity contribution in [2.75, 3.05) is 19.5 Å². The number of fused-ring (bicyclic) bond motifs is 1. The molecule has 9 heteroatoms. The molecule has 32 heavy (non-hydrogen) atoms. The van der Waals surface area contributed by atoms with Gasteiger partial charge in [-0.3, -0.25) is 0 Å². The fraction of sp³-hybridized carbons (Fsp3) is 0.174. The van der Waals surface area contributed by atoms with Gasteiger partial charge in [-0.1, -0.05) is 23.9 Å². The number of hydrogen-bond acceptors (Lipinski definition) is 8. The lowest BCUT2D eigenvalue weighted by atomic mass is 10.1. The molecule has 0 radical (unpaired) electrons. The Hall–Kier alpha value is -3.90. The molecule has 8 nitrogen and oxygen atoms in total. The molecular formula is C23H19N5O3S. The number of ether oxygens (including phenoxy) is 2. The molecule has 3 aromatic rings. The van der Waals surface area contributed by atoms with Gasteiger partial charge in [0.05, 0.1) is 36.6 Å². The summed E-state index contributed by atoms with van der Waals surface area (Å²) < 4.78 is 12.1. The van der Waals surface area contributed by atoms with E-state index in [9.17, 15) is 4.79 Å². The van der Waals surface area contributed by atoms with Crippen LogP contribution in [0.2, 0.25) is 0 Å². The summed E-state index contributed by atoms with van der Waals surface area (Å²) in [4.78, 5) is 12.8. The molecule has 0 bridgehead atoms. The molecule has 1 aliphatic heterocycles. The molecule has 4 rings (SSSR count). The van der Waals surface area contributed by atoms with Crippen molar-refractivity contribution < 1.29 is 14.3 Å². The fourth-order valence-electron chi connectivity index (χ4n) is 3.07. The maximum Gasteiger partial charge on any atom is 0.340 e. The molecule has 0 saturated heterocycles. The monoisotopic (exact) mass is 445 g/mol. The first-order chi connectivity index (χ1) is 15.6. The van der Waals surface area contributed by atoms with Crippen molar-refractivity contribution in [1.82, 2.24) is 14.9 Å². The number of nitriles is 1. The molecule has 0 fully saturated rings. The molecule has 0 unspecified atom stereocenters. The van der Waals surface area contributed by atoms with Crippen LogP contribution in [0, 0.1) is 11.3 Å². The number of carbonyl (C=O) groups excluding carboxylic acids is 1. The lowest BCUT2D eigenvalue weighted by Gasteiger charge is -2.16. The topological polar surface area (TPSA) is 102 Å². The summed E-state index contributed by atoms with van der Waals surface area (Å²) in [6.45, 7) is 2.01. The summed E-state index contributed by atoms with van der Waals surface area (Å²) in [7, 11) is 1.61. The molecule has 1 aromatic heterocycles. The highest BCUT2D eigenvalue weighted by molar-refractivity contribution is 7.99. The molecule has 2 aromatic carbocycles. The number of thioether (sulfide) groups is 1. The Balaban J connectivity index is 1.75. The van der Waals surface area contributed by atoms with Gasteiger partial charge in [0.15, 0.2) is 5.82 Å². The Morgan fingerprint density at radius 2 is 1.94 bits per heavy atom. The molecule has 0 saturated carbocycles. The zero-order chi connectivity index (χ0) is 22.5. The van der Waals surface area contributed by atoms with Gasteiger partial charge in [0.2, 0.25) is 5.16 Å². The van der Waals surface area contributed by atoms with Crippen LogP contribution >= 0.6 is 11.8 Å². The first-order valence-electron chi connectivity index (χ1n) is 9.82. The van der Waals surface area contributed by atoms with Gasteiger partial charge < -0.3 is 9.47 Å². The summed E-state index contributed by atoms with van der Waals surface area (Å²) in [5.74, 6) is 1.29. The van der Waals surface area contributed by atoms with Crippen LogP contribution in [0.1, 0.15) is 18.1 Å². The largest absolute Gasteiger partial charge is 0.497 e. The highest BCUT2D eigenvalue weighted by Gasteiger charge is 2.25. The van der Waals surface area contributed by atoms with E-state index in [-0.39, 0.29) is 6.61 Å². The van der Waals surface area contributed by atoms with Gasteiger partial charge in [-0.2, -0.15) is 15.0 Å². The SMILES string of the molecule is CCOC(=O)C(=Cc1ccc(C#N)cc1)C1=Nn2c(nnc2-c2ccc(OC)cc2)SC1. The lowest BCUT2D eigenvalue weighted by molar-refractivity contribution is -0.137. The Labute approximate surface area is 189 Å². The summed E-state index contributed by atoms with van der Waals surface area (Å²) in [5, 5.41) is 22.8. The van der Waals surface area contributed by atoms with Gasteiger partial charge in [0, 0.05) is 11.3 Å². The number of carbonyl (C=O) groups is 1. The number of hydrogen-bond donors (Lipinski definition) is 0. The Kier molecular flexibility index (Phi) is 6.33. The molecule has 2 heterocycles. The van der Waals surface area contributed by atoms with E-state index in [0.717, 1.165) is 16.9 Å². The molecule has 0 atom stereocenters. The molecule has 1 aliphatic rings. The summed E-state index contributed by atoms with van der Waals surface area (Å²) in [6.07, 6.45) is 1.72. The van der Waals surface area contributed by atoms with Gasteiger partial charge in [-0.05, 0) is 55.0 Å². The van der Waals surface area contributed by atoms with Gasteiger partial charge in [-0.25, -0.2) is 4.79 Å². The van der Waals surface area contributed by atoms with Crippen molar-refractivity contribution in [3.8, 4) is 23.2 Å². The maximum atomic E-state index is 12.8. The van der Waals surface area contributed by atoms with Crippen molar-refractivity contribution in [2.24, 2.45) is 5.10 Å². The Bertz CT molecular complexity index is 1240. The normalized spacial score (nSPS) is 13.0. The second-order valence-corrected chi connectivity index (χ2v) is 7.64. The number of esters is 1. The molecule has 0 aliphatic carbocycles. The highest BCUT2D eigenvalue weighted by Crippen LogP contribution is 2.30. The van der Waals surface area contributed by atoms with Crippen LogP contribution in [0.5, 0.6) is 5.75 Å². The summed E-state index contributed by atoms with van der Waals surface area (Å²) >= 11 is 1.44. The third-order valence-electron chi connectivity index (χ3n) is 4.68. The maximum absolute atomic E-state index is 12.8. The van der Waals surface area contributed by atoms with Crippen molar-refractivity contribution in [1.29, 1.82) is 5.26 Å². The third kappa shape index (κ3) is 4.40. The van der Waals surface area contributed by atoms with Crippen LogP contribution in [0.15, 0.2) is 64.4 Å². The number of aromatic nitrogens is 3. The minimum absolute atomic E-state index is 0.249. The third-order valence-corrected chi connectivity index (χ3v) is 5.61. The number of methoxy groups -OCH3 is 1. The van der Waals surface area contributed by atoms with E-state index in [4.69, 9.17) is 19.8 Å². The van der Waals surface area contributed by atoms with Crippen LogP contribution in [-0.2, 0) is 9.53 Å². The second kappa shape index (κ2) is 9.49. The van der Waals surface area contributed by atoms with E-state index in [2.05, 4.69) is 16.3 Å². The highest BCUT2D eigenvalue weighted by atomic mass is 32.2. The van der Waals surface area contributed by atoms with Crippen molar-refractivity contribution >= 4 is 29.5 Å². The second-order valence-electron chi connectivity index (χ2n) is 6.69. The van der Waals surface area contributed by atoms with Crippen LogP contribution in [0.25, 0.3) is 17.5 Å². The van der Waals surface area contributed by atoms with Crippen LogP contribution in [-0.4, -0.2) is 46.0 Å². The minimum Gasteiger partial charge on any atom is -0.497 e. The predicted octanol–water partition coefficient (Wildman–Crippen LogP) is 3.78. The van der Waals surface area contributed by atoms with E-state index in [0.29, 0.717) is 33.6 Å². The summed E-state index contributed by atoms with van der Waals surface area (Å²) in [6, 6.07) is 16.5. The average molecular weight is 446 g/mol. The van der Waals surface area contributed by atoms with Gasteiger partial charge in [0.1, 0.15) is 5.75 Å². The number of benzene rings is 2. The fourth-order valence-corrected chi connectivity index (χ4v) is 3.90. The van der Waals surface area contributed by atoms with E-state index >= 15 is 0 Å². The minimum atomic E-state index is -0.460. The predicted molar refractivity (Wildman–Crippen MR) is 121 cm³/mol. The number of nitrogens with zero attached hydrogens (tertiary/aromatic N) is 5. The molecule has 0 spiro atoms. The van der Waals surface area contributed by atoms with Crippen LogP contribution in [0.3, 0.4) is 0 Å². The first kappa shape index (κ1) is 21.3. The lowest BCUT2D eigenvalue weighted by Crippen LogP contribution is -2.21. The van der Waals surface area contributed by atoms with Crippen molar-refractivity contribution in [3.05, 3.63) is 65.2 Å². The Morgan fingerprint density at radius 1 is 1.19 bits per heavy atom. The zero-order valence-corrected chi connectivity index (χ0v) is 18.3. The first-order valence-corrected chi connectivity index (χ1v) is 10.8. The standard InChI is InChI=1S/C23H19N5O3S/c1-3-31-22(29)19(12-15-4-6-16(13-24)7-5-15)20-14-32-23-26-25-21(28(23)27-20)17-8-10-18(30-2)11-9-17/h4-12H,3,14H2,1-2H3. The molecular weight excluding hydrogens is 426 g/mol. The smallest absolute Gasteiger partial charge is 0.340 e. The van der Waals surface area contributed by atoms with Gasteiger partial charge in [0.25, 0.3) is 0 Å². The Morgan fingerprint density at radius 3 is 2.59 bits per heavy atom. The molecule has 0 N–H and O–H groups in total. The van der Waals surface area contributed by atoms with Crippen LogP contribution < -0.4 is 4.74 Å². The van der Waals surface area contributed by atoms with Crippen molar-refractivity contribution in [2.45, 2.75) is 12.1 Å². The number of rotatable bonds is 6. The van der Waals surface area contributed by atoms with E-state index in [1.807, 2.05) is 24.3 Å². The average Bonchev–Trinajstić information content (AvgIpc) is 3.26. The summed E-state index contributed by atoms with van der Waals surface area (Å²) in [5.41, 5.74) is 3.04.